The molecule has 0 spiro atoms. The van der Waals surface area contributed by atoms with Gasteiger partial charge in [0.1, 0.15) is 0 Å². The Bertz CT molecular complexity index is 283. The molecule has 0 radical (unpaired) electrons. The van der Waals surface area contributed by atoms with Crippen molar-refractivity contribution in [2.24, 2.45) is 17.3 Å². The van der Waals surface area contributed by atoms with Crippen LogP contribution in [-0.2, 0) is 4.74 Å². The molecule has 3 aliphatic rings. The van der Waals surface area contributed by atoms with E-state index in [1.165, 1.54) is 51.5 Å². The first-order valence-corrected chi connectivity index (χ1v) is 8.04. The lowest BCUT2D eigenvalue weighted by molar-refractivity contribution is -0.192. The van der Waals surface area contributed by atoms with Gasteiger partial charge in [-0.3, -0.25) is 0 Å². The Morgan fingerprint density at radius 3 is 2.67 bits per heavy atom. The molecule has 2 nitrogen and oxygen atoms in total. The van der Waals surface area contributed by atoms with Gasteiger partial charge in [-0.1, -0.05) is 39.5 Å². The molecule has 3 fully saturated rings. The van der Waals surface area contributed by atoms with Gasteiger partial charge >= 0.3 is 0 Å². The van der Waals surface area contributed by atoms with Crippen molar-refractivity contribution in [3.8, 4) is 0 Å². The van der Waals surface area contributed by atoms with Crippen LogP contribution in [0.1, 0.15) is 58.8 Å². The van der Waals surface area contributed by atoms with Crippen LogP contribution >= 0.6 is 0 Å². The molecule has 104 valence electrons. The fourth-order valence-electron chi connectivity index (χ4n) is 4.68. The molecule has 0 amide bonds. The Morgan fingerprint density at radius 1 is 1.11 bits per heavy atom. The van der Waals surface area contributed by atoms with E-state index in [1.807, 2.05) is 0 Å². The van der Waals surface area contributed by atoms with Gasteiger partial charge in [-0.2, -0.15) is 0 Å². The van der Waals surface area contributed by atoms with Crippen molar-refractivity contribution in [3.05, 3.63) is 0 Å². The zero-order valence-electron chi connectivity index (χ0n) is 12.1. The van der Waals surface area contributed by atoms with E-state index in [0.717, 1.165) is 18.4 Å². The summed E-state index contributed by atoms with van der Waals surface area (Å²) in [6.45, 7) is 6.97. The monoisotopic (exact) mass is 251 g/mol. The van der Waals surface area contributed by atoms with Crippen LogP contribution in [0, 0.1) is 17.3 Å². The maximum absolute atomic E-state index is 5.96. The molecule has 3 rings (SSSR count). The fraction of sp³-hybridized carbons (Fsp3) is 1.00. The lowest BCUT2D eigenvalue weighted by Crippen LogP contribution is -2.69. The summed E-state index contributed by atoms with van der Waals surface area (Å²) in [5, 5.41) is 3.86. The van der Waals surface area contributed by atoms with E-state index >= 15 is 0 Å². The number of ether oxygens (including phenoxy) is 1. The van der Waals surface area contributed by atoms with E-state index in [4.69, 9.17) is 4.74 Å². The van der Waals surface area contributed by atoms with Gasteiger partial charge in [-0.15, -0.1) is 0 Å². The maximum Gasteiger partial charge on any atom is 0.0684 e. The summed E-state index contributed by atoms with van der Waals surface area (Å²) >= 11 is 0. The number of hydrogen-bond donors (Lipinski definition) is 1. The van der Waals surface area contributed by atoms with Gasteiger partial charge in [0.2, 0.25) is 0 Å². The standard InChI is InChI=1S/C16H29NO/c1-16(2)14(13-8-5-11-18-15(13)16)17-10-9-12-6-3-4-7-12/h12-15,17H,3-11H2,1-2H3. The smallest absolute Gasteiger partial charge is 0.0684 e. The lowest BCUT2D eigenvalue weighted by atomic mass is 9.55. The third-order valence-electron chi connectivity index (χ3n) is 5.72. The van der Waals surface area contributed by atoms with Crippen molar-refractivity contribution in [3.63, 3.8) is 0 Å². The molecule has 1 saturated heterocycles. The van der Waals surface area contributed by atoms with Crippen LogP contribution in [0.15, 0.2) is 0 Å². The van der Waals surface area contributed by atoms with Crippen molar-refractivity contribution in [2.75, 3.05) is 13.2 Å². The molecular formula is C16H29NO. The van der Waals surface area contributed by atoms with Crippen LogP contribution in [0.25, 0.3) is 0 Å². The van der Waals surface area contributed by atoms with Crippen LogP contribution in [0.3, 0.4) is 0 Å². The highest BCUT2D eigenvalue weighted by Crippen LogP contribution is 2.51. The summed E-state index contributed by atoms with van der Waals surface area (Å²) in [5.74, 6) is 1.80. The van der Waals surface area contributed by atoms with Crippen LogP contribution in [0.4, 0.5) is 0 Å². The number of fused-ring (bicyclic) bond motifs is 1. The fourth-order valence-corrected chi connectivity index (χ4v) is 4.68. The third-order valence-corrected chi connectivity index (χ3v) is 5.72. The van der Waals surface area contributed by atoms with Gasteiger partial charge in [0, 0.05) is 24.0 Å². The second kappa shape index (κ2) is 5.13. The highest BCUT2D eigenvalue weighted by Gasteiger charge is 2.57. The van der Waals surface area contributed by atoms with E-state index in [0.29, 0.717) is 17.6 Å². The van der Waals surface area contributed by atoms with Crippen LogP contribution in [0.2, 0.25) is 0 Å². The Labute approximate surface area is 112 Å². The van der Waals surface area contributed by atoms with Crippen molar-refractivity contribution in [1.29, 1.82) is 0 Å². The van der Waals surface area contributed by atoms with E-state index in [2.05, 4.69) is 19.2 Å². The van der Waals surface area contributed by atoms with Crippen LogP contribution in [0.5, 0.6) is 0 Å². The second-order valence-electron chi connectivity index (χ2n) is 7.29. The zero-order valence-corrected chi connectivity index (χ0v) is 12.1. The second-order valence-corrected chi connectivity index (χ2v) is 7.29. The summed E-state index contributed by atoms with van der Waals surface area (Å²) in [6, 6.07) is 0.698. The van der Waals surface area contributed by atoms with Crippen molar-refractivity contribution < 1.29 is 4.74 Å². The molecule has 1 N–H and O–H groups in total. The minimum atomic E-state index is 0.348. The number of hydrogen-bond acceptors (Lipinski definition) is 2. The number of nitrogens with one attached hydrogen (secondary N) is 1. The van der Waals surface area contributed by atoms with Crippen molar-refractivity contribution >= 4 is 0 Å². The Hall–Kier alpha value is -0.0800. The lowest BCUT2D eigenvalue weighted by Gasteiger charge is -2.60. The summed E-state index contributed by atoms with van der Waals surface area (Å²) in [7, 11) is 0. The molecule has 2 heteroatoms. The van der Waals surface area contributed by atoms with E-state index < -0.39 is 0 Å². The molecular weight excluding hydrogens is 222 g/mol. The van der Waals surface area contributed by atoms with E-state index in [9.17, 15) is 0 Å². The van der Waals surface area contributed by atoms with Crippen LogP contribution in [-0.4, -0.2) is 25.3 Å². The first-order chi connectivity index (χ1) is 8.69. The Balaban J connectivity index is 1.46. The Morgan fingerprint density at radius 2 is 1.89 bits per heavy atom. The molecule has 0 aromatic rings. The third kappa shape index (κ3) is 2.22. The molecule has 0 aromatic carbocycles. The quantitative estimate of drug-likeness (QED) is 0.827. The predicted octanol–water partition coefficient (Wildman–Crippen LogP) is 3.36. The molecule has 1 aliphatic heterocycles. The molecule has 3 atom stereocenters. The van der Waals surface area contributed by atoms with Gasteiger partial charge in [0.05, 0.1) is 6.10 Å². The molecule has 2 aliphatic carbocycles. The summed E-state index contributed by atoms with van der Waals surface area (Å²) in [6.07, 6.45) is 10.4. The maximum atomic E-state index is 5.96. The van der Waals surface area contributed by atoms with E-state index in [1.54, 1.807) is 0 Å². The minimum Gasteiger partial charge on any atom is -0.377 e. The largest absolute Gasteiger partial charge is 0.377 e. The van der Waals surface area contributed by atoms with E-state index in [-0.39, 0.29) is 0 Å². The summed E-state index contributed by atoms with van der Waals surface area (Å²) < 4.78 is 5.96. The van der Waals surface area contributed by atoms with Gasteiger partial charge in [-0.05, 0) is 31.7 Å². The summed E-state index contributed by atoms with van der Waals surface area (Å²) in [4.78, 5) is 0. The molecule has 2 saturated carbocycles. The normalized spacial score (nSPS) is 39.3. The average molecular weight is 251 g/mol. The SMILES string of the molecule is CC1(C)C(NCCC2CCCC2)C2CCCOC21. The van der Waals surface area contributed by atoms with Gasteiger partial charge in [-0.25, -0.2) is 0 Å². The minimum absolute atomic E-state index is 0.348. The van der Waals surface area contributed by atoms with Crippen molar-refractivity contribution in [1.82, 2.24) is 5.32 Å². The van der Waals surface area contributed by atoms with Gasteiger partial charge in [0.15, 0.2) is 0 Å². The molecule has 1 heterocycles. The summed E-state index contributed by atoms with van der Waals surface area (Å²) in [5.41, 5.74) is 0.348. The van der Waals surface area contributed by atoms with Gasteiger partial charge < -0.3 is 10.1 Å². The predicted molar refractivity (Wildman–Crippen MR) is 74.6 cm³/mol. The first-order valence-electron chi connectivity index (χ1n) is 8.04. The molecule has 18 heavy (non-hydrogen) atoms. The molecule has 0 aromatic heterocycles. The zero-order chi connectivity index (χ0) is 12.6. The molecule has 3 unspecified atom stereocenters. The van der Waals surface area contributed by atoms with Crippen molar-refractivity contribution in [2.45, 2.75) is 70.9 Å². The van der Waals surface area contributed by atoms with Gasteiger partial charge in [0.25, 0.3) is 0 Å². The van der Waals surface area contributed by atoms with Crippen LogP contribution < -0.4 is 5.32 Å². The highest BCUT2D eigenvalue weighted by atomic mass is 16.5. The molecule has 0 bridgehead atoms. The number of rotatable bonds is 4. The first kappa shape index (κ1) is 12.9. The Kier molecular flexibility index (Phi) is 3.68. The highest BCUT2D eigenvalue weighted by molar-refractivity contribution is 5.10. The topological polar surface area (TPSA) is 21.3 Å². The average Bonchev–Trinajstić information content (AvgIpc) is 2.87.